The smallest absolute Gasteiger partial charge is 0.336 e. The van der Waals surface area contributed by atoms with Gasteiger partial charge in [0.15, 0.2) is 0 Å². The van der Waals surface area contributed by atoms with Crippen molar-refractivity contribution in [3.8, 4) is 5.75 Å². The summed E-state index contributed by atoms with van der Waals surface area (Å²) in [5, 5.41) is 11.8. The maximum absolute atomic E-state index is 11.9. The Kier molecular flexibility index (Phi) is 6.54. The van der Waals surface area contributed by atoms with E-state index in [1.807, 2.05) is 37.3 Å². The summed E-state index contributed by atoms with van der Waals surface area (Å²) < 4.78 is 10.7. The molecule has 0 saturated carbocycles. The number of hydrogen-bond acceptors (Lipinski definition) is 4. The lowest BCUT2D eigenvalue weighted by atomic mass is 10.0. The Hall–Kier alpha value is -2.86. The van der Waals surface area contributed by atoms with Gasteiger partial charge >= 0.3 is 5.97 Å². The first-order valence-electron chi connectivity index (χ1n) is 7.87. The quantitative estimate of drug-likeness (QED) is 0.720. The molecule has 0 spiro atoms. The summed E-state index contributed by atoms with van der Waals surface area (Å²) in [6.07, 6.45) is 0. The van der Waals surface area contributed by atoms with E-state index in [4.69, 9.17) is 14.6 Å². The van der Waals surface area contributed by atoms with Gasteiger partial charge < -0.3 is 19.9 Å². The van der Waals surface area contributed by atoms with Crippen molar-refractivity contribution in [2.24, 2.45) is 0 Å². The van der Waals surface area contributed by atoms with Crippen LogP contribution in [0.25, 0.3) is 0 Å². The third-order valence-corrected chi connectivity index (χ3v) is 3.55. The predicted molar refractivity (Wildman–Crippen MR) is 94.3 cm³/mol. The second kappa shape index (κ2) is 8.84. The number of ether oxygens (including phenoxy) is 2. The van der Waals surface area contributed by atoms with E-state index in [0.717, 1.165) is 11.3 Å². The maximum atomic E-state index is 11.9. The number of hydrogen-bond donors (Lipinski definition) is 2. The molecule has 6 heteroatoms. The van der Waals surface area contributed by atoms with E-state index >= 15 is 0 Å². The molecule has 0 fully saturated rings. The predicted octanol–water partition coefficient (Wildman–Crippen LogP) is 3.04. The normalized spacial score (nSPS) is 10.3. The SMILES string of the molecule is Cc1cc(C)c(C(=O)O)cc1NC(=O)COCCOc1ccccc1. The zero-order chi connectivity index (χ0) is 18.2. The van der Waals surface area contributed by atoms with Gasteiger partial charge in [-0.05, 0) is 43.2 Å². The number of aromatic carboxylic acids is 1. The number of carboxylic acids is 1. The van der Waals surface area contributed by atoms with E-state index in [2.05, 4.69) is 5.32 Å². The van der Waals surface area contributed by atoms with Crippen LogP contribution in [0.2, 0.25) is 0 Å². The van der Waals surface area contributed by atoms with Crippen molar-refractivity contribution < 1.29 is 24.2 Å². The molecule has 0 heterocycles. The molecule has 0 aliphatic carbocycles. The van der Waals surface area contributed by atoms with Gasteiger partial charge in [0.2, 0.25) is 5.91 Å². The fourth-order valence-electron chi connectivity index (χ4n) is 2.30. The number of carbonyl (C=O) groups excluding carboxylic acids is 1. The Morgan fingerprint density at radius 2 is 1.76 bits per heavy atom. The lowest BCUT2D eigenvalue weighted by Gasteiger charge is -2.12. The fraction of sp³-hybridized carbons (Fsp3) is 0.263. The summed E-state index contributed by atoms with van der Waals surface area (Å²) >= 11 is 0. The lowest BCUT2D eigenvalue weighted by molar-refractivity contribution is -0.120. The van der Waals surface area contributed by atoms with Crippen LogP contribution in [0, 0.1) is 13.8 Å². The van der Waals surface area contributed by atoms with Gasteiger partial charge in [0.1, 0.15) is 19.0 Å². The first-order valence-corrected chi connectivity index (χ1v) is 7.87. The van der Waals surface area contributed by atoms with Crippen LogP contribution < -0.4 is 10.1 Å². The number of carboxylic acid groups (broad SMARTS) is 1. The zero-order valence-electron chi connectivity index (χ0n) is 14.2. The van der Waals surface area contributed by atoms with E-state index in [9.17, 15) is 9.59 Å². The monoisotopic (exact) mass is 343 g/mol. The van der Waals surface area contributed by atoms with Crippen LogP contribution in [0.1, 0.15) is 21.5 Å². The molecule has 0 unspecified atom stereocenters. The molecule has 1 amide bonds. The number of benzene rings is 2. The van der Waals surface area contributed by atoms with E-state index < -0.39 is 5.97 Å². The summed E-state index contributed by atoms with van der Waals surface area (Å²) in [5.41, 5.74) is 2.08. The van der Waals surface area contributed by atoms with Crippen molar-refractivity contribution in [1.82, 2.24) is 0 Å². The lowest BCUT2D eigenvalue weighted by Crippen LogP contribution is -2.21. The number of amides is 1. The van der Waals surface area contributed by atoms with Crippen LogP contribution in [-0.4, -0.2) is 36.8 Å². The Labute approximate surface area is 146 Å². The van der Waals surface area contributed by atoms with Crippen molar-refractivity contribution in [2.75, 3.05) is 25.1 Å². The first-order chi connectivity index (χ1) is 12.0. The number of aryl methyl sites for hydroxylation is 2. The molecule has 0 aromatic heterocycles. The third-order valence-electron chi connectivity index (χ3n) is 3.55. The largest absolute Gasteiger partial charge is 0.491 e. The Bertz CT molecular complexity index is 743. The van der Waals surface area contributed by atoms with Crippen LogP contribution in [0.5, 0.6) is 5.75 Å². The summed E-state index contributed by atoms with van der Waals surface area (Å²) in [7, 11) is 0. The molecule has 0 atom stereocenters. The van der Waals surface area contributed by atoms with Crippen molar-refractivity contribution >= 4 is 17.6 Å². The molecule has 0 radical (unpaired) electrons. The molecular weight excluding hydrogens is 322 g/mol. The molecule has 2 N–H and O–H groups in total. The van der Waals surface area contributed by atoms with Crippen molar-refractivity contribution in [3.05, 3.63) is 59.2 Å². The van der Waals surface area contributed by atoms with Crippen LogP contribution >= 0.6 is 0 Å². The van der Waals surface area contributed by atoms with Gasteiger partial charge in [0, 0.05) is 5.69 Å². The molecule has 2 aromatic carbocycles. The molecule has 6 nitrogen and oxygen atoms in total. The van der Waals surface area contributed by atoms with E-state index in [0.29, 0.717) is 17.9 Å². The van der Waals surface area contributed by atoms with Gasteiger partial charge in [0.25, 0.3) is 0 Å². The minimum absolute atomic E-state index is 0.131. The van der Waals surface area contributed by atoms with Crippen molar-refractivity contribution in [1.29, 1.82) is 0 Å². The van der Waals surface area contributed by atoms with Gasteiger partial charge in [-0.15, -0.1) is 0 Å². The van der Waals surface area contributed by atoms with E-state index in [-0.39, 0.29) is 24.7 Å². The van der Waals surface area contributed by atoms with Crippen LogP contribution in [0.4, 0.5) is 5.69 Å². The second-order valence-electron chi connectivity index (χ2n) is 5.55. The molecule has 0 bridgehead atoms. The zero-order valence-corrected chi connectivity index (χ0v) is 14.2. The second-order valence-corrected chi connectivity index (χ2v) is 5.55. The molecule has 2 rings (SSSR count). The molecule has 0 saturated heterocycles. The molecule has 2 aromatic rings. The van der Waals surface area contributed by atoms with Crippen molar-refractivity contribution in [3.63, 3.8) is 0 Å². The molecular formula is C19H21NO5. The van der Waals surface area contributed by atoms with Gasteiger partial charge in [-0.3, -0.25) is 4.79 Å². The van der Waals surface area contributed by atoms with Gasteiger partial charge in [-0.1, -0.05) is 24.3 Å². The molecule has 25 heavy (non-hydrogen) atoms. The minimum atomic E-state index is -1.03. The Morgan fingerprint density at radius 3 is 2.44 bits per heavy atom. The molecule has 132 valence electrons. The minimum Gasteiger partial charge on any atom is -0.491 e. The number of anilines is 1. The van der Waals surface area contributed by atoms with Crippen LogP contribution in [0.3, 0.4) is 0 Å². The summed E-state index contributed by atoms with van der Waals surface area (Å²) in [6.45, 7) is 4.01. The summed E-state index contributed by atoms with van der Waals surface area (Å²) in [4.78, 5) is 23.1. The summed E-state index contributed by atoms with van der Waals surface area (Å²) in [6, 6.07) is 12.5. The fourth-order valence-corrected chi connectivity index (χ4v) is 2.30. The number of para-hydroxylation sites is 1. The number of rotatable bonds is 8. The van der Waals surface area contributed by atoms with Gasteiger partial charge in [-0.2, -0.15) is 0 Å². The average Bonchev–Trinajstić information content (AvgIpc) is 2.57. The first kappa shape index (κ1) is 18.5. The Balaban J connectivity index is 1.78. The number of nitrogens with one attached hydrogen (secondary N) is 1. The highest BCUT2D eigenvalue weighted by atomic mass is 16.5. The average molecular weight is 343 g/mol. The Morgan fingerprint density at radius 1 is 1.04 bits per heavy atom. The highest BCUT2D eigenvalue weighted by molar-refractivity contribution is 5.96. The van der Waals surface area contributed by atoms with E-state index in [1.54, 1.807) is 13.0 Å². The highest BCUT2D eigenvalue weighted by Crippen LogP contribution is 2.20. The van der Waals surface area contributed by atoms with E-state index in [1.165, 1.54) is 6.07 Å². The third kappa shape index (κ3) is 5.61. The standard InChI is InChI=1S/C19H21NO5/c1-13-10-14(2)17(11-16(13)19(22)23)20-18(21)12-24-8-9-25-15-6-4-3-5-7-15/h3-7,10-11H,8-9,12H2,1-2H3,(H,20,21)(H,22,23). The highest BCUT2D eigenvalue weighted by Gasteiger charge is 2.12. The maximum Gasteiger partial charge on any atom is 0.336 e. The van der Waals surface area contributed by atoms with Gasteiger partial charge in [0.05, 0.1) is 12.2 Å². The van der Waals surface area contributed by atoms with Crippen molar-refractivity contribution in [2.45, 2.75) is 13.8 Å². The van der Waals surface area contributed by atoms with Gasteiger partial charge in [-0.25, -0.2) is 4.79 Å². The topological polar surface area (TPSA) is 84.9 Å². The molecule has 0 aliphatic rings. The van der Waals surface area contributed by atoms with Crippen LogP contribution in [-0.2, 0) is 9.53 Å². The molecule has 0 aliphatic heterocycles. The summed E-state index contributed by atoms with van der Waals surface area (Å²) in [5.74, 6) is -0.627. The number of carbonyl (C=O) groups is 2. The van der Waals surface area contributed by atoms with Crippen LogP contribution in [0.15, 0.2) is 42.5 Å².